The third kappa shape index (κ3) is 3.94. The van der Waals surface area contributed by atoms with E-state index in [1.54, 1.807) is 18.2 Å². The van der Waals surface area contributed by atoms with Crippen LogP contribution in [0.5, 0.6) is 17.2 Å². The van der Waals surface area contributed by atoms with Crippen molar-refractivity contribution in [2.75, 3.05) is 6.61 Å². The van der Waals surface area contributed by atoms with Crippen LogP contribution in [0, 0.1) is 6.92 Å². The van der Waals surface area contributed by atoms with Crippen LogP contribution in [0.4, 0.5) is 13.2 Å². The van der Waals surface area contributed by atoms with Crippen LogP contribution >= 0.6 is 0 Å². The van der Waals surface area contributed by atoms with Gasteiger partial charge < -0.3 is 19.6 Å². The number of aromatic nitrogens is 1. The lowest BCUT2D eigenvalue weighted by molar-refractivity contribution is -0.139. The molecule has 1 aliphatic carbocycles. The van der Waals surface area contributed by atoms with Gasteiger partial charge in [-0.3, -0.25) is 0 Å². The first-order chi connectivity index (χ1) is 14.2. The summed E-state index contributed by atoms with van der Waals surface area (Å²) in [6.45, 7) is 0.734. The monoisotopic (exact) mass is 419 g/mol. The zero-order chi connectivity index (χ0) is 21.5. The molecule has 1 fully saturated rings. The van der Waals surface area contributed by atoms with Crippen LogP contribution < -0.4 is 9.47 Å². The Morgan fingerprint density at radius 3 is 2.60 bits per heavy atom. The minimum Gasteiger partial charge on any atom is -0.482 e. The van der Waals surface area contributed by atoms with E-state index in [1.165, 1.54) is 19.4 Å². The lowest BCUT2D eigenvalue weighted by atomic mass is 9.80. The summed E-state index contributed by atoms with van der Waals surface area (Å²) < 4.78 is 51.7. The molecule has 1 saturated carbocycles. The van der Waals surface area contributed by atoms with Crippen LogP contribution in [0.25, 0.3) is 10.9 Å². The van der Waals surface area contributed by atoms with Crippen molar-refractivity contribution in [1.29, 1.82) is 0 Å². The van der Waals surface area contributed by atoms with E-state index in [9.17, 15) is 18.0 Å². The number of carbonyl (C=O) groups is 1. The summed E-state index contributed by atoms with van der Waals surface area (Å²) in [7, 11) is 0. The van der Waals surface area contributed by atoms with E-state index in [1.807, 2.05) is 6.20 Å². The van der Waals surface area contributed by atoms with Crippen LogP contribution in [0.1, 0.15) is 41.9 Å². The molecule has 0 radical (unpaired) electrons. The lowest BCUT2D eigenvalue weighted by Crippen LogP contribution is -2.12. The number of nitrogens with one attached hydrogen (secondary N) is 1. The van der Waals surface area contributed by atoms with Gasteiger partial charge in [0.15, 0.2) is 6.61 Å². The Bertz CT molecular complexity index is 1100. The topological polar surface area (TPSA) is 71.6 Å². The molecule has 8 heteroatoms. The van der Waals surface area contributed by atoms with Crippen LogP contribution in [0.3, 0.4) is 0 Å². The van der Waals surface area contributed by atoms with Gasteiger partial charge in [0.25, 0.3) is 0 Å². The number of hydrogen-bond acceptors (Lipinski definition) is 3. The summed E-state index contributed by atoms with van der Waals surface area (Å²) in [5.41, 5.74) is 1.25. The van der Waals surface area contributed by atoms with Gasteiger partial charge in [-0.2, -0.15) is 13.2 Å². The second kappa shape index (κ2) is 7.59. The third-order valence-electron chi connectivity index (χ3n) is 5.37. The maximum atomic E-state index is 13.7. The number of hydrogen-bond donors (Lipinski definition) is 2. The fourth-order valence-corrected chi connectivity index (χ4v) is 3.67. The number of H-pyrrole nitrogens is 1. The zero-order valence-corrected chi connectivity index (χ0v) is 16.2. The normalized spacial score (nSPS) is 14.5. The minimum absolute atomic E-state index is 0.178. The highest BCUT2D eigenvalue weighted by atomic mass is 19.4. The number of carboxylic acid groups (broad SMARTS) is 1. The molecule has 5 nitrogen and oxygen atoms in total. The number of aliphatic carboxylic acids is 1. The van der Waals surface area contributed by atoms with Crippen molar-refractivity contribution in [2.24, 2.45) is 0 Å². The summed E-state index contributed by atoms with van der Waals surface area (Å²) in [4.78, 5) is 13.9. The van der Waals surface area contributed by atoms with Gasteiger partial charge in [0.05, 0.1) is 0 Å². The molecule has 158 valence electrons. The van der Waals surface area contributed by atoms with E-state index in [-0.39, 0.29) is 17.1 Å². The Morgan fingerprint density at radius 1 is 1.20 bits per heavy atom. The average Bonchev–Trinajstić information content (AvgIpc) is 3.02. The standard InChI is InChI=1S/C22H20F3NO4/c1-12-7-15(29-11-20(27)28)9-18(22(23,24)25)21(12)30-14-5-6-19-16(8-14)17(10-26-19)13-3-2-4-13/h5-10,13,26H,2-4,11H2,1H3,(H,27,28). The molecule has 2 N–H and O–H groups in total. The molecule has 0 aliphatic heterocycles. The highest BCUT2D eigenvalue weighted by Gasteiger charge is 2.36. The third-order valence-corrected chi connectivity index (χ3v) is 5.37. The van der Waals surface area contributed by atoms with Gasteiger partial charge in [0.2, 0.25) is 0 Å². The number of alkyl halides is 3. The molecule has 1 heterocycles. The van der Waals surface area contributed by atoms with Crippen molar-refractivity contribution in [3.8, 4) is 17.2 Å². The Balaban J connectivity index is 1.70. The first-order valence-corrected chi connectivity index (χ1v) is 9.57. The Hall–Kier alpha value is -3.16. The van der Waals surface area contributed by atoms with Crippen molar-refractivity contribution in [1.82, 2.24) is 4.98 Å². The largest absolute Gasteiger partial charge is 0.482 e. The number of halogens is 3. The Kier molecular flexibility index (Phi) is 5.09. The first kappa shape index (κ1) is 20.1. The maximum absolute atomic E-state index is 13.7. The van der Waals surface area contributed by atoms with Crippen LogP contribution in [0.2, 0.25) is 0 Å². The van der Waals surface area contributed by atoms with E-state index in [0.717, 1.165) is 35.4 Å². The molecule has 1 aliphatic rings. The number of rotatable bonds is 6. The van der Waals surface area contributed by atoms with Gasteiger partial charge in [0, 0.05) is 17.1 Å². The SMILES string of the molecule is Cc1cc(OCC(=O)O)cc(C(F)(F)F)c1Oc1ccc2[nH]cc(C3CCC3)c2c1. The molecule has 4 rings (SSSR count). The van der Waals surface area contributed by atoms with E-state index < -0.39 is 24.3 Å². The minimum atomic E-state index is -4.70. The maximum Gasteiger partial charge on any atom is 0.420 e. The molecule has 3 aromatic rings. The number of ether oxygens (including phenoxy) is 2. The summed E-state index contributed by atoms with van der Waals surface area (Å²) in [5.74, 6) is -1.01. The quantitative estimate of drug-likeness (QED) is 0.513. The lowest BCUT2D eigenvalue weighted by Gasteiger charge is -2.25. The number of benzene rings is 2. The van der Waals surface area contributed by atoms with Crippen molar-refractivity contribution in [3.63, 3.8) is 0 Å². The van der Waals surface area contributed by atoms with Gasteiger partial charge in [-0.15, -0.1) is 0 Å². The number of aryl methyl sites for hydroxylation is 1. The van der Waals surface area contributed by atoms with Crippen LogP contribution in [-0.2, 0) is 11.0 Å². The summed E-state index contributed by atoms with van der Waals surface area (Å²) >= 11 is 0. The first-order valence-electron chi connectivity index (χ1n) is 9.57. The van der Waals surface area contributed by atoms with Gasteiger partial charge in [0.1, 0.15) is 22.8 Å². The molecular weight excluding hydrogens is 399 g/mol. The molecule has 2 aromatic carbocycles. The highest BCUT2D eigenvalue weighted by molar-refractivity contribution is 5.85. The van der Waals surface area contributed by atoms with Crippen molar-refractivity contribution in [3.05, 3.63) is 53.2 Å². The number of carboxylic acids is 1. The van der Waals surface area contributed by atoms with E-state index in [4.69, 9.17) is 14.6 Å². The predicted octanol–water partition coefficient (Wildman–Crippen LogP) is 6.02. The van der Waals surface area contributed by atoms with Crippen molar-refractivity contribution in [2.45, 2.75) is 38.3 Å². The molecule has 0 bridgehead atoms. The molecule has 0 unspecified atom stereocenters. The van der Waals surface area contributed by atoms with E-state index in [2.05, 4.69) is 4.98 Å². The van der Waals surface area contributed by atoms with Gasteiger partial charge in [-0.1, -0.05) is 6.42 Å². The summed E-state index contributed by atoms with van der Waals surface area (Å²) in [6, 6.07) is 7.27. The molecule has 0 spiro atoms. The van der Waals surface area contributed by atoms with Gasteiger partial charge in [-0.05, 0) is 67.1 Å². The highest BCUT2D eigenvalue weighted by Crippen LogP contribution is 2.44. The van der Waals surface area contributed by atoms with E-state index in [0.29, 0.717) is 11.7 Å². The molecule has 0 atom stereocenters. The van der Waals surface area contributed by atoms with Gasteiger partial charge in [-0.25, -0.2) is 4.79 Å². The number of fused-ring (bicyclic) bond motifs is 1. The second-order valence-electron chi connectivity index (χ2n) is 7.48. The second-order valence-corrected chi connectivity index (χ2v) is 7.48. The van der Waals surface area contributed by atoms with Crippen molar-refractivity contribution >= 4 is 16.9 Å². The van der Waals surface area contributed by atoms with Crippen LogP contribution in [0.15, 0.2) is 36.5 Å². The Morgan fingerprint density at radius 2 is 1.97 bits per heavy atom. The summed E-state index contributed by atoms with van der Waals surface area (Å²) in [6.07, 6.45) is 0.648. The zero-order valence-electron chi connectivity index (χ0n) is 16.2. The summed E-state index contributed by atoms with van der Waals surface area (Å²) in [5, 5.41) is 9.65. The van der Waals surface area contributed by atoms with Crippen LogP contribution in [-0.4, -0.2) is 22.7 Å². The molecule has 1 aromatic heterocycles. The smallest absolute Gasteiger partial charge is 0.420 e. The predicted molar refractivity (Wildman–Crippen MR) is 104 cm³/mol. The number of aromatic amines is 1. The fraction of sp³-hybridized carbons (Fsp3) is 0.318. The average molecular weight is 419 g/mol. The molecule has 30 heavy (non-hydrogen) atoms. The molecule has 0 amide bonds. The molecular formula is C22H20F3NO4. The van der Waals surface area contributed by atoms with Crippen molar-refractivity contribution < 1.29 is 32.5 Å². The van der Waals surface area contributed by atoms with Gasteiger partial charge >= 0.3 is 12.1 Å². The Labute approximate surface area is 170 Å². The molecule has 0 saturated heterocycles. The fourth-order valence-electron chi connectivity index (χ4n) is 3.67. The van der Waals surface area contributed by atoms with E-state index >= 15 is 0 Å².